The van der Waals surface area contributed by atoms with Crippen LogP contribution in [0.1, 0.15) is 20.8 Å². The van der Waals surface area contributed by atoms with E-state index in [2.05, 4.69) is 0 Å². The zero-order chi connectivity index (χ0) is 14.8. The molecule has 0 atom stereocenters. The van der Waals surface area contributed by atoms with E-state index in [1.807, 2.05) is 42.3 Å². The SMILES string of the molecule is CN(CC(=O)c1ccc2c(c1)CCO2)Cc1ccc(Cl)s1. The summed E-state index contributed by atoms with van der Waals surface area (Å²) in [6.07, 6.45) is 0.889. The van der Waals surface area contributed by atoms with E-state index in [1.54, 1.807) is 11.3 Å². The van der Waals surface area contributed by atoms with E-state index in [0.717, 1.165) is 39.1 Å². The van der Waals surface area contributed by atoms with Crippen molar-refractivity contribution >= 4 is 28.7 Å². The van der Waals surface area contributed by atoms with E-state index in [1.165, 1.54) is 0 Å². The smallest absolute Gasteiger partial charge is 0.176 e. The molecule has 0 amide bonds. The van der Waals surface area contributed by atoms with Crippen LogP contribution in [0.2, 0.25) is 4.34 Å². The molecular weight excluding hydrogens is 306 g/mol. The molecule has 0 saturated carbocycles. The third-order valence-corrected chi connectivity index (χ3v) is 4.70. The average Bonchev–Trinajstić information content (AvgIpc) is 3.06. The van der Waals surface area contributed by atoms with Crippen molar-refractivity contribution in [3.8, 4) is 5.75 Å². The molecule has 21 heavy (non-hydrogen) atoms. The van der Waals surface area contributed by atoms with Gasteiger partial charge in [-0.05, 0) is 42.9 Å². The van der Waals surface area contributed by atoms with E-state index < -0.39 is 0 Å². The minimum Gasteiger partial charge on any atom is -0.493 e. The van der Waals surface area contributed by atoms with Gasteiger partial charge in [-0.3, -0.25) is 9.69 Å². The van der Waals surface area contributed by atoms with Crippen LogP contribution >= 0.6 is 22.9 Å². The minimum absolute atomic E-state index is 0.134. The van der Waals surface area contributed by atoms with Crippen LogP contribution < -0.4 is 4.74 Å². The topological polar surface area (TPSA) is 29.5 Å². The highest BCUT2D eigenvalue weighted by molar-refractivity contribution is 7.16. The highest BCUT2D eigenvalue weighted by atomic mass is 35.5. The molecule has 3 nitrogen and oxygen atoms in total. The number of rotatable bonds is 5. The second-order valence-electron chi connectivity index (χ2n) is 5.22. The van der Waals surface area contributed by atoms with Gasteiger partial charge in [0.05, 0.1) is 17.5 Å². The number of likely N-dealkylation sites (N-methyl/N-ethyl adjacent to an activating group) is 1. The van der Waals surface area contributed by atoms with Crippen LogP contribution in [0, 0.1) is 0 Å². The van der Waals surface area contributed by atoms with Crippen molar-refractivity contribution in [2.75, 3.05) is 20.2 Å². The summed E-state index contributed by atoms with van der Waals surface area (Å²) < 4.78 is 6.24. The molecule has 110 valence electrons. The summed E-state index contributed by atoms with van der Waals surface area (Å²) in [4.78, 5) is 15.5. The number of carbonyl (C=O) groups is 1. The van der Waals surface area contributed by atoms with Crippen molar-refractivity contribution in [2.45, 2.75) is 13.0 Å². The first-order valence-electron chi connectivity index (χ1n) is 6.83. The summed E-state index contributed by atoms with van der Waals surface area (Å²) >= 11 is 7.47. The van der Waals surface area contributed by atoms with E-state index in [9.17, 15) is 4.79 Å². The normalized spacial score (nSPS) is 13.3. The molecule has 0 N–H and O–H groups in total. The first-order valence-corrected chi connectivity index (χ1v) is 8.03. The standard InChI is InChI=1S/C16H16ClNO2S/c1-18(9-13-3-5-16(17)21-13)10-14(19)11-2-4-15-12(8-11)6-7-20-15/h2-5,8H,6-7,9-10H2,1H3. The van der Waals surface area contributed by atoms with Crippen LogP contribution in [-0.4, -0.2) is 30.9 Å². The fourth-order valence-electron chi connectivity index (χ4n) is 2.46. The van der Waals surface area contributed by atoms with Gasteiger partial charge in [0, 0.05) is 23.4 Å². The van der Waals surface area contributed by atoms with Gasteiger partial charge in [-0.15, -0.1) is 11.3 Å². The van der Waals surface area contributed by atoms with Crippen LogP contribution in [0.25, 0.3) is 0 Å². The van der Waals surface area contributed by atoms with Crippen molar-refractivity contribution in [1.29, 1.82) is 0 Å². The third kappa shape index (κ3) is 3.46. The minimum atomic E-state index is 0.134. The number of hydrogen-bond acceptors (Lipinski definition) is 4. The van der Waals surface area contributed by atoms with Crippen molar-refractivity contribution in [2.24, 2.45) is 0 Å². The Hall–Kier alpha value is -1.36. The second kappa shape index (κ2) is 6.18. The molecule has 0 unspecified atom stereocenters. The number of ketones is 1. The summed E-state index contributed by atoms with van der Waals surface area (Å²) in [6, 6.07) is 9.59. The average molecular weight is 322 g/mol. The number of ether oxygens (including phenoxy) is 1. The molecule has 1 aromatic heterocycles. The van der Waals surface area contributed by atoms with Crippen molar-refractivity contribution in [3.63, 3.8) is 0 Å². The number of fused-ring (bicyclic) bond motifs is 1. The molecule has 1 aliphatic heterocycles. The Bertz CT molecular complexity index is 668. The van der Waals surface area contributed by atoms with E-state index in [-0.39, 0.29) is 5.78 Å². The van der Waals surface area contributed by atoms with Gasteiger partial charge in [-0.1, -0.05) is 11.6 Å². The summed E-state index contributed by atoms with van der Waals surface area (Å²) in [5, 5.41) is 0. The zero-order valence-corrected chi connectivity index (χ0v) is 13.3. The molecule has 0 radical (unpaired) electrons. The lowest BCUT2D eigenvalue weighted by Gasteiger charge is -2.14. The lowest BCUT2D eigenvalue weighted by atomic mass is 10.1. The predicted octanol–water partition coefficient (Wildman–Crippen LogP) is 3.65. The lowest BCUT2D eigenvalue weighted by molar-refractivity contribution is 0.0943. The summed E-state index contributed by atoms with van der Waals surface area (Å²) in [5.74, 6) is 1.04. The highest BCUT2D eigenvalue weighted by Crippen LogP contribution is 2.26. The Morgan fingerprint density at radius 1 is 1.38 bits per heavy atom. The van der Waals surface area contributed by atoms with Gasteiger partial charge in [0.2, 0.25) is 0 Å². The lowest BCUT2D eigenvalue weighted by Crippen LogP contribution is -2.25. The molecule has 0 bridgehead atoms. The quantitative estimate of drug-likeness (QED) is 0.787. The van der Waals surface area contributed by atoms with Crippen LogP contribution in [0.5, 0.6) is 5.75 Å². The summed E-state index contributed by atoms with van der Waals surface area (Å²) in [5.41, 5.74) is 1.89. The van der Waals surface area contributed by atoms with Crippen LogP contribution in [0.3, 0.4) is 0 Å². The molecule has 0 saturated heterocycles. The Morgan fingerprint density at radius 3 is 3.00 bits per heavy atom. The second-order valence-corrected chi connectivity index (χ2v) is 7.02. The maximum atomic E-state index is 12.3. The number of halogens is 1. The molecule has 1 aliphatic rings. The maximum absolute atomic E-state index is 12.3. The van der Waals surface area contributed by atoms with Gasteiger partial charge in [-0.25, -0.2) is 0 Å². The van der Waals surface area contributed by atoms with Gasteiger partial charge in [0.15, 0.2) is 5.78 Å². The zero-order valence-electron chi connectivity index (χ0n) is 11.8. The number of hydrogen-bond donors (Lipinski definition) is 0. The van der Waals surface area contributed by atoms with Gasteiger partial charge in [-0.2, -0.15) is 0 Å². The Kier molecular flexibility index (Phi) is 4.29. The van der Waals surface area contributed by atoms with E-state index >= 15 is 0 Å². The fraction of sp³-hybridized carbons (Fsp3) is 0.312. The van der Waals surface area contributed by atoms with Gasteiger partial charge >= 0.3 is 0 Å². The third-order valence-electron chi connectivity index (χ3n) is 3.48. The molecule has 2 heterocycles. The summed E-state index contributed by atoms with van der Waals surface area (Å²) in [7, 11) is 1.95. The molecule has 2 aromatic rings. The molecule has 5 heteroatoms. The van der Waals surface area contributed by atoms with Crippen LogP contribution in [0.4, 0.5) is 0 Å². The van der Waals surface area contributed by atoms with E-state index in [4.69, 9.17) is 16.3 Å². The molecule has 0 spiro atoms. The predicted molar refractivity (Wildman–Crippen MR) is 85.6 cm³/mol. The molecule has 1 aromatic carbocycles. The number of nitrogens with zero attached hydrogens (tertiary/aromatic N) is 1. The van der Waals surface area contributed by atoms with Crippen LogP contribution in [-0.2, 0) is 13.0 Å². The van der Waals surface area contributed by atoms with Crippen molar-refractivity contribution < 1.29 is 9.53 Å². The number of benzene rings is 1. The largest absolute Gasteiger partial charge is 0.493 e. The Morgan fingerprint density at radius 2 is 2.24 bits per heavy atom. The number of Topliss-reactive ketones (excluding diaryl/α,β-unsaturated/α-hetero) is 1. The molecule has 0 fully saturated rings. The first kappa shape index (κ1) is 14.6. The van der Waals surface area contributed by atoms with E-state index in [0.29, 0.717) is 13.2 Å². The number of thiophene rings is 1. The van der Waals surface area contributed by atoms with Gasteiger partial charge in [0.25, 0.3) is 0 Å². The van der Waals surface area contributed by atoms with Crippen molar-refractivity contribution in [1.82, 2.24) is 4.90 Å². The fourth-order valence-corrected chi connectivity index (χ4v) is 3.62. The maximum Gasteiger partial charge on any atom is 0.176 e. The number of carbonyl (C=O) groups excluding carboxylic acids is 1. The molecular formula is C16H16ClNO2S. The first-order chi connectivity index (χ1) is 10.1. The summed E-state index contributed by atoms with van der Waals surface area (Å²) in [6.45, 7) is 1.85. The van der Waals surface area contributed by atoms with Crippen molar-refractivity contribution in [3.05, 3.63) is 50.7 Å². The van der Waals surface area contributed by atoms with Gasteiger partial charge < -0.3 is 4.74 Å². The van der Waals surface area contributed by atoms with Crippen LogP contribution in [0.15, 0.2) is 30.3 Å². The van der Waals surface area contributed by atoms with Gasteiger partial charge in [0.1, 0.15) is 5.75 Å². The monoisotopic (exact) mass is 321 g/mol. The Labute approximate surface area is 133 Å². The molecule has 3 rings (SSSR count). The Balaban J connectivity index is 1.63. The molecule has 0 aliphatic carbocycles. The highest BCUT2D eigenvalue weighted by Gasteiger charge is 2.16.